The Morgan fingerprint density at radius 2 is 1.38 bits per heavy atom. The van der Waals surface area contributed by atoms with Crippen molar-refractivity contribution in [3.8, 4) is 17.2 Å². The number of para-hydroxylation sites is 2. The minimum Gasteiger partial charge on any atom is -0.497 e. The Kier molecular flexibility index (Phi) is 12.6. The highest BCUT2D eigenvalue weighted by Crippen LogP contribution is 2.70. The van der Waals surface area contributed by atoms with Crippen molar-refractivity contribution in [3.63, 3.8) is 0 Å². The molecule has 1 amide bonds. The summed E-state index contributed by atoms with van der Waals surface area (Å²) >= 11 is 0. The van der Waals surface area contributed by atoms with Gasteiger partial charge in [-0.1, -0.05) is 12.1 Å². The standard InChI is InChI=1S/C36H41F3N4O7S2/c1-47-28-11-15-30(16-12-28)51(50-52(45,46)36(37,38)39,31-17-13-29(48-2)14-18-31)34-19-10-27(26-41-34)35(44)40-20-6-7-21-42-22-24-43(25-23-42)32-8-4-5-9-33(32)49-3/h4-5,8-19,26H,6-7,20-25H2,1-3H3,(H,40,44). The molecule has 3 aromatic carbocycles. The topological polar surface area (TPSA) is 120 Å². The molecule has 4 aromatic rings. The Hall–Kier alpha value is -4.51. The molecule has 1 aliphatic rings. The van der Waals surface area contributed by atoms with E-state index in [1.807, 2.05) is 18.2 Å². The van der Waals surface area contributed by atoms with Crippen LogP contribution in [0.3, 0.4) is 0 Å². The Morgan fingerprint density at radius 3 is 1.90 bits per heavy atom. The fourth-order valence-corrected chi connectivity index (χ4v) is 10.3. The number of nitrogens with one attached hydrogen (secondary N) is 1. The number of benzene rings is 3. The van der Waals surface area contributed by atoms with E-state index >= 15 is 0 Å². The van der Waals surface area contributed by atoms with Gasteiger partial charge in [-0.05, 0) is 102 Å². The van der Waals surface area contributed by atoms with Crippen LogP contribution in [0.25, 0.3) is 0 Å². The number of pyridine rings is 1. The molecule has 1 aliphatic heterocycles. The van der Waals surface area contributed by atoms with E-state index in [9.17, 15) is 26.4 Å². The summed E-state index contributed by atoms with van der Waals surface area (Å²) in [7, 11) is -5.35. The molecule has 1 aromatic heterocycles. The maximum absolute atomic E-state index is 13.9. The Bertz CT molecular complexity index is 1840. The number of anilines is 1. The van der Waals surface area contributed by atoms with Gasteiger partial charge in [-0.15, -0.1) is 0 Å². The van der Waals surface area contributed by atoms with Crippen LogP contribution in [-0.4, -0.2) is 90.3 Å². The summed E-state index contributed by atoms with van der Waals surface area (Å²) in [4.78, 5) is 22.3. The molecular formula is C36H41F3N4O7S2. The molecule has 0 atom stereocenters. The van der Waals surface area contributed by atoms with Gasteiger partial charge in [0.05, 0.1) is 32.6 Å². The van der Waals surface area contributed by atoms with Crippen LogP contribution in [0.1, 0.15) is 23.2 Å². The van der Waals surface area contributed by atoms with Gasteiger partial charge in [0.15, 0.2) is 0 Å². The first-order chi connectivity index (χ1) is 24.9. The average molecular weight is 763 g/mol. The van der Waals surface area contributed by atoms with Crippen LogP contribution in [0.15, 0.2) is 106 Å². The number of carbonyl (C=O) groups excluding carboxylic acids is 1. The highest BCUT2D eigenvalue weighted by molar-refractivity contribution is 8.33. The summed E-state index contributed by atoms with van der Waals surface area (Å²) in [5.74, 6) is 1.20. The van der Waals surface area contributed by atoms with E-state index < -0.39 is 31.8 Å². The lowest BCUT2D eigenvalue weighted by atomic mass is 10.2. The van der Waals surface area contributed by atoms with Gasteiger partial charge in [-0.3, -0.25) is 9.69 Å². The van der Waals surface area contributed by atoms with Crippen molar-refractivity contribution in [1.82, 2.24) is 15.2 Å². The summed E-state index contributed by atoms with van der Waals surface area (Å²) in [6, 6.07) is 22.3. The highest BCUT2D eigenvalue weighted by atomic mass is 32.3. The number of hydrogen-bond donors (Lipinski definition) is 1. The fraction of sp³-hybridized carbons (Fsp3) is 0.333. The molecule has 16 heteroatoms. The van der Waals surface area contributed by atoms with E-state index in [-0.39, 0.29) is 20.4 Å². The van der Waals surface area contributed by atoms with Gasteiger partial charge in [0.1, 0.15) is 22.3 Å². The summed E-state index contributed by atoms with van der Waals surface area (Å²) < 4.78 is 88.2. The van der Waals surface area contributed by atoms with Gasteiger partial charge in [0.2, 0.25) is 0 Å². The van der Waals surface area contributed by atoms with Crippen molar-refractivity contribution < 1.29 is 44.2 Å². The normalized spacial score (nSPS) is 14.5. The van der Waals surface area contributed by atoms with Crippen molar-refractivity contribution in [2.24, 2.45) is 0 Å². The smallest absolute Gasteiger partial charge is 0.497 e. The number of piperazine rings is 1. The van der Waals surface area contributed by atoms with Crippen LogP contribution >= 0.6 is 10.3 Å². The second kappa shape index (κ2) is 16.9. The number of ether oxygens (including phenoxy) is 3. The minimum absolute atomic E-state index is 0.0946. The second-order valence-corrected chi connectivity index (χ2v) is 16.1. The molecule has 11 nitrogen and oxygen atoms in total. The molecule has 1 N–H and O–H groups in total. The Balaban J connectivity index is 1.28. The first-order valence-electron chi connectivity index (χ1n) is 16.4. The number of carbonyl (C=O) groups is 1. The van der Waals surface area contributed by atoms with Gasteiger partial charge < -0.3 is 24.4 Å². The summed E-state index contributed by atoms with van der Waals surface area (Å²) in [5.41, 5.74) is -4.50. The monoisotopic (exact) mass is 762 g/mol. The lowest BCUT2D eigenvalue weighted by Gasteiger charge is -2.38. The molecule has 0 saturated carbocycles. The molecule has 1 saturated heterocycles. The quantitative estimate of drug-likeness (QED) is 0.106. The number of hydrogen-bond acceptors (Lipinski definition) is 10. The predicted octanol–water partition coefficient (Wildman–Crippen LogP) is 6.50. The minimum atomic E-state index is -6.16. The second-order valence-electron chi connectivity index (χ2n) is 11.7. The van der Waals surface area contributed by atoms with Crippen molar-refractivity contribution in [2.75, 3.05) is 65.5 Å². The summed E-state index contributed by atoms with van der Waals surface area (Å²) in [6.45, 7) is 4.87. The molecule has 1 fully saturated rings. The van der Waals surface area contributed by atoms with Gasteiger partial charge in [0, 0.05) is 48.7 Å². The van der Waals surface area contributed by atoms with Crippen LogP contribution in [0.2, 0.25) is 0 Å². The zero-order valence-corrected chi connectivity index (χ0v) is 30.6. The van der Waals surface area contributed by atoms with E-state index in [2.05, 4.69) is 26.2 Å². The van der Waals surface area contributed by atoms with Crippen LogP contribution in [0.5, 0.6) is 17.2 Å². The predicted molar refractivity (Wildman–Crippen MR) is 192 cm³/mol. The van der Waals surface area contributed by atoms with E-state index in [1.165, 1.54) is 81.1 Å². The Morgan fingerprint density at radius 1 is 0.788 bits per heavy atom. The zero-order valence-electron chi connectivity index (χ0n) is 29.0. The maximum atomic E-state index is 13.9. The molecule has 0 radical (unpaired) electrons. The lowest BCUT2D eigenvalue weighted by molar-refractivity contribution is -0.0496. The number of halogens is 3. The molecule has 5 rings (SSSR count). The first-order valence-corrected chi connectivity index (χ1v) is 19.4. The van der Waals surface area contributed by atoms with Crippen LogP contribution < -0.4 is 24.4 Å². The maximum Gasteiger partial charge on any atom is 0.524 e. The SMILES string of the molecule is COc1ccc(S(OS(=O)(=O)C(F)(F)F)(c2ccc(OC)cc2)c2ccc(C(=O)NCCCCN3CCN(c4ccccc4OC)CC3)cn2)cc1. The number of unbranched alkanes of at least 4 members (excludes halogenated alkanes) is 1. The molecule has 0 aliphatic carbocycles. The fourth-order valence-electron chi connectivity index (χ4n) is 5.75. The third-order valence-electron chi connectivity index (χ3n) is 8.54. The van der Waals surface area contributed by atoms with Gasteiger partial charge in [-0.2, -0.15) is 25.2 Å². The third-order valence-corrected chi connectivity index (χ3v) is 13.3. The van der Waals surface area contributed by atoms with Crippen LogP contribution in [0.4, 0.5) is 18.9 Å². The van der Waals surface area contributed by atoms with E-state index in [0.29, 0.717) is 18.0 Å². The van der Waals surface area contributed by atoms with Crippen molar-refractivity contribution in [1.29, 1.82) is 0 Å². The van der Waals surface area contributed by atoms with E-state index in [1.54, 1.807) is 7.11 Å². The highest BCUT2D eigenvalue weighted by Gasteiger charge is 2.53. The number of amides is 1. The van der Waals surface area contributed by atoms with Gasteiger partial charge >= 0.3 is 15.6 Å². The number of methoxy groups -OCH3 is 3. The number of nitrogens with zero attached hydrogens (tertiary/aromatic N) is 3. The van der Waals surface area contributed by atoms with Crippen molar-refractivity contribution in [2.45, 2.75) is 33.2 Å². The van der Waals surface area contributed by atoms with Crippen LogP contribution in [-0.2, 0) is 13.7 Å². The van der Waals surface area contributed by atoms with Gasteiger partial charge in [0.25, 0.3) is 5.91 Å². The Labute approximate surface area is 303 Å². The first kappa shape index (κ1) is 38.7. The molecule has 2 heterocycles. The van der Waals surface area contributed by atoms with Gasteiger partial charge in [-0.25, -0.2) is 4.98 Å². The van der Waals surface area contributed by atoms with E-state index in [0.717, 1.165) is 57.0 Å². The van der Waals surface area contributed by atoms with Crippen molar-refractivity contribution in [3.05, 3.63) is 96.7 Å². The summed E-state index contributed by atoms with van der Waals surface area (Å²) in [6.07, 6.45) is 2.80. The molecule has 280 valence electrons. The largest absolute Gasteiger partial charge is 0.524 e. The van der Waals surface area contributed by atoms with Crippen molar-refractivity contribution >= 4 is 32.0 Å². The molecule has 0 unspecified atom stereocenters. The summed E-state index contributed by atoms with van der Waals surface area (Å²) in [5, 5.41) is 2.74. The number of rotatable bonds is 15. The lowest BCUT2D eigenvalue weighted by Crippen LogP contribution is -2.46. The third kappa shape index (κ3) is 8.74. The zero-order chi connectivity index (χ0) is 37.4. The average Bonchev–Trinajstić information content (AvgIpc) is 3.16. The molecular weight excluding hydrogens is 722 g/mol. The van der Waals surface area contributed by atoms with E-state index in [4.69, 9.17) is 17.8 Å². The number of alkyl halides is 3. The molecule has 52 heavy (non-hydrogen) atoms. The molecule has 0 bridgehead atoms. The molecule has 0 spiro atoms. The van der Waals surface area contributed by atoms with Crippen LogP contribution in [0, 0.1) is 0 Å². The number of aromatic nitrogens is 1.